The van der Waals surface area contributed by atoms with Gasteiger partial charge < -0.3 is 20.1 Å². The van der Waals surface area contributed by atoms with Crippen LogP contribution in [0.5, 0.6) is 0 Å². The minimum atomic E-state index is -3.85. The molecule has 3 N–H and O–H groups in total. The van der Waals surface area contributed by atoms with Gasteiger partial charge in [0.2, 0.25) is 7.37 Å². The van der Waals surface area contributed by atoms with Gasteiger partial charge in [0.1, 0.15) is 12.4 Å². The van der Waals surface area contributed by atoms with Gasteiger partial charge in [-0.3, -0.25) is 9.36 Å². The lowest BCUT2D eigenvalue weighted by Crippen LogP contribution is -2.36. The average molecular weight is 357 g/mol. The van der Waals surface area contributed by atoms with E-state index in [4.69, 9.17) is 9.84 Å². The summed E-state index contributed by atoms with van der Waals surface area (Å²) >= 11 is 0. The quantitative estimate of drug-likeness (QED) is 0.586. The van der Waals surface area contributed by atoms with Gasteiger partial charge in [0.25, 0.3) is 0 Å². The number of nitrogens with one attached hydrogen (secondary N) is 1. The van der Waals surface area contributed by atoms with Crippen molar-refractivity contribution < 1.29 is 28.9 Å². The Morgan fingerprint density at radius 2 is 1.88 bits per heavy atom. The fourth-order valence-corrected chi connectivity index (χ4v) is 3.97. The molecule has 2 atom stereocenters. The zero-order valence-corrected chi connectivity index (χ0v) is 14.7. The van der Waals surface area contributed by atoms with Crippen LogP contribution in [0, 0.1) is 5.92 Å². The molecule has 0 heterocycles. The van der Waals surface area contributed by atoms with Crippen LogP contribution in [0.1, 0.15) is 32.3 Å². The highest BCUT2D eigenvalue weighted by molar-refractivity contribution is 7.58. The second kappa shape index (κ2) is 9.45. The van der Waals surface area contributed by atoms with Gasteiger partial charge in [-0.1, -0.05) is 44.2 Å². The minimum absolute atomic E-state index is 0.0475. The lowest BCUT2D eigenvalue weighted by Gasteiger charge is -2.25. The molecule has 0 saturated heterocycles. The van der Waals surface area contributed by atoms with Gasteiger partial charge in [-0.25, -0.2) is 4.79 Å². The number of hydrogen-bond acceptors (Lipinski definition) is 4. The molecular formula is C16H24NO6P. The van der Waals surface area contributed by atoms with E-state index in [2.05, 4.69) is 5.32 Å². The van der Waals surface area contributed by atoms with E-state index in [-0.39, 0.29) is 18.9 Å². The predicted molar refractivity (Wildman–Crippen MR) is 90.0 cm³/mol. The largest absolute Gasteiger partial charge is 0.481 e. The van der Waals surface area contributed by atoms with Crippen molar-refractivity contribution >= 4 is 19.4 Å². The number of aliphatic carboxylic acids is 1. The van der Waals surface area contributed by atoms with Crippen molar-refractivity contribution in [3.05, 3.63) is 35.9 Å². The van der Waals surface area contributed by atoms with Crippen LogP contribution in [0.25, 0.3) is 0 Å². The minimum Gasteiger partial charge on any atom is -0.481 e. The van der Waals surface area contributed by atoms with Crippen molar-refractivity contribution in [1.29, 1.82) is 0 Å². The van der Waals surface area contributed by atoms with Crippen molar-refractivity contribution in [3.8, 4) is 0 Å². The van der Waals surface area contributed by atoms with Crippen LogP contribution in [0.4, 0.5) is 4.79 Å². The van der Waals surface area contributed by atoms with Gasteiger partial charge in [0.15, 0.2) is 0 Å². The first-order chi connectivity index (χ1) is 11.2. The summed E-state index contributed by atoms with van der Waals surface area (Å²) < 4.78 is 17.4. The van der Waals surface area contributed by atoms with E-state index in [0.717, 1.165) is 5.56 Å². The normalized spacial score (nSPS) is 14.7. The third-order valence-corrected chi connectivity index (χ3v) is 5.50. The van der Waals surface area contributed by atoms with Gasteiger partial charge in [0.05, 0.1) is 6.42 Å². The second-order valence-electron chi connectivity index (χ2n) is 5.97. The van der Waals surface area contributed by atoms with E-state index in [1.807, 2.05) is 32.0 Å². The van der Waals surface area contributed by atoms with Crippen LogP contribution in [-0.2, 0) is 20.7 Å². The van der Waals surface area contributed by atoms with E-state index >= 15 is 0 Å². The lowest BCUT2D eigenvalue weighted by molar-refractivity contribution is -0.136. The van der Waals surface area contributed by atoms with Crippen LogP contribution in [0.15, 0.2) is 30.3 Å². The van der Waals surface area contributed by atoms with E-state index < -0.39 is 37.8 Å². The maximum absolute atomic E-state index is 12.4. The summed E-state index contributed by atoms with van der Waals surface area (Å²) in [6.45, 7) is 3.74. The summed E-state index contributed by atoms with van der Waals surface area (Å²) in [5.74, 6) is -2.13. The maximum Gasteiger partial charge on any atom is 0.408 e. The molecule has 0 aliphatic rings. The molecule has 0 spiro atoms. The molecule has 8 heteroatoms. The Kier molecular flexibility index (Phi) is 7.95. The van der Waals surface area contributed by atoms with Crippen molar-refractivity contribution in [1.82, 2.24) is 5.32 Å². The Hall–Kier alpha value is -1.85. The molecule has 1 aromatic carbocycles. The molecule has 1 unspecified atom stereocenters. The Labute approximate surface area is 141 Å². The summed E-state index contributed by atoms with van der Waals surface area (Å²) in [4.78, 5) is 32.7. The summed E-state index contributed by atoms with van der Waals surface area (Å²) in [7, 11) is -3.85. The van der Waals surface area contributed by atoms with Crippen molar-refractivity contribution in [2.75, 3.05) is 6.16 Å². The fraction of sp³-hybridized carbons (Fsp3) is 0.500. The van der Waals surface area contributed by atoms with Crippen LogP contribution < -0.4 is 5.32 Å². The zero-order valence-electron chi connectivity index (χ0n) is 13.8. The van der Waals surface area contributed by atoms with E-state index in [1.54, 1.807) is 12.1 Å². The fourth-order valence-electron chi connectivity index (χ4n) is 2.08. The lowest BCUT2D eigenvalue weighted by atomic mass is 10.1. The molecule has 0 aliphatic carbocycles. The van der Waals surface area contributed by atoms with Crippen molar-refractivity contribution in [3.63, 3.8) is 0 Å². The molecular weight excluding hydrogens is 333 g/mol. The predicted octanol–water partition coefficient (Wildman–Crippen LogP) is 3.03. The number of carbonyl (C=O) groups excluding carboxylic acids is 1. The highest BCUT2D eigenvalue weighted by Gasteiger charge is 2.33. The third kappa shape index (κ3) is 7.62. The molecule has 24 heavy (non-hydrogen) atoms. The van der Waals surface area contributed by atoms with Crippen LogP contribution >= 0.6 is 7.37 Å². The molecule has 0 saturated carbocycles. The molecule has 0 aliphatic heterocycles. The number of ether oxygens (including phenoxy) is 1. The molecule has 0 fully saturated rings. The summed E-state index contributed by atoms with van der Waals surface area (Å²) in [6.07, 6.45) is -1.36. The van der Waals surface area contributed by atoms with E-state index in [1.165, 1.54) is 0 Å². The number of rotatable bonds is 9. The number of carbonyl (C=O) groups is 2. The Balaban J connectivity index is 2.65. The van der Waals surface area contributed by atoms with Crippen molar-refractivity contribution in [2.24, 2.45) is 5.92 Å². The molecule has 134 valence electrons. The van der Waals surface area contributed by atoms with Crippen LogP contribution in [-0.4, -0.2) is 34.0 Å². The number of hydrogen-bond donors (Lipinski definition) is 3. The monoisotopic (exact) mass is 357 g/mol. The Morgan fingerprint density at radius 3 is 2.42 bits per heavy atom. The first-order valence-corrected chi connectivity index (χ1v) is 9.62. The Bertz CT molecular complexity index is 589. The van der Waals surface area contributed by atoms with Gasteiger partial charge in [-0.2, -0.15) is 0 Å². The number of alkyl carbamates (subject to hydrolysis) is 1. The smallest absolute Gasteiger partial charge is 0.408 e. The number of carboxylic acids is 1. The maximum atomic E-state index is 12.4. The highest BCUT2D eigenvalue weighted by Crippen LogP contribution is 2.47. The SMILES string of the molecule is CC(C)C[C@@H](NC(=O)OCc1ccccc1)P(=O)(O)CCC(=O)O. The first kappa shape index (κ1) is 20.2. The van der Waals surface area contributed by atoms with Crippen molar-refractivity contribution in [2.45, 2.75) is 39.1 Å². The van der Waals surface area contributed by atoms with Gasteiger partial charge in [0, 0.05) is 6.16 Å². The highest BCUT2D eigenvalue weighted by atomic mass is 31.2. The van der Waals surface area contributed by atoms with Crippen LogP contribution in [0.2, 0.25) is 0 Å². The summed E-state index contributed by atoms with van der Waals surface area (Å²) in [5, 5.41) is 11.1. The first-order valence-electron chi connectivity index (χ1n) is 7.71. The topological polar surface area (TPSA) is 113 Å². The summed E-state index contributed by atoms with van der Waals surface area (Å²) in [5.41, 5.74) is 0.797. The molecule has 0 radical (unpaired) electrons. The summed E-state index contributed by atoms with van der Waals surface area (Å²) in [6, 6.07) is 9.05. The van der Waals surface area contributed by atoms with E-state index in [9.17, 15) is 19.0 Å². The van der Waals surface area contributed by atoms with Gasteiger partial charge >= 0.3 is 12.1 Å². The molecule has 0 bridgehead atoms. The molecule has 1 amide bonds. The number of benzene rings is 1. The second-order valence-corrected chi connectivity index (χ2v) is 8.56. The zero-order chi connectivity index (χ0) is 18.2. The van der Waals surface area contributed by atoms with Crippen LogP contribution in [0.3, 0.4) is 0 Å². The standard InChI is InChI=1S/C16H24NO6P/c1-12(2)10-14(24(21,22)9-8-15(18)19)17-16(20)23-11-13-6-4-3-5-7-13/h3-7,12,14H,8-11H2,1-2H3,(H,17,20)(H,18,19)(H,21,22)/t14-/m0/s1. The molecule has 1 aromatic rings. The number of amides is 1. The average Bonchev–Trinajstić information content (AvgIpc) is 2.51. The number of carboxylic acid groups (broad SMARTS) is 1. The van der Waals surface area contributed by atoms with E-state index in [0.29, 0.717) is 0 Å². The van der Waals surface area contributed by atoms with Gasteiger partial charge in [-0.05, 0) is 17.9 Å². The third-order valence-electron chi connectivity index (χ3n) is 3.32. The molecule has 1 rings (SSSR count). The van der Waals surface area contributed by atoms with Gasteiger partial charge in [-0.15, -0.1) is 0 Å². The Morgan fingerprint density at radius 1 is 1.25 bits per heavy atom. The molecule has 7 nitrogen and oxygen atoms in total. The molecule has 0 aromatic heterocycles.